The van der Waals surface area contributed by atoms with Gasteiger partial charge >= 0.3 is 0 Å². The fourth-order valence-corrected chi connectivity index (χ4v) is 3.11. The van der Waals surface area contributed by atoms with Crippen LogP contribution < -0.4 is 11.1 Å². The molecule has 4 rings (SSSR count). The summed E-state index contributed by atoms with van der Waals surface area (Å²) in [6.45, 7) is 1.74. The number of fused-ring (bicyclic) bond motifs is 1. The lowest BCUT2D eigenvalue weighted by molar-refractivity contribution is 0.0566. The first-order valence-corrected chi connectivity index (χ1v) is 8.65. The van der Waals surface area contributed by atoms with Crippen LogP contribution in [0.1, 0.15) is 47.2 Å². The predicted octanol–water partition coefficient (Wildman–Crippen LogP) is 2.86. The summed E-state index contributed by atoms with van der Waals surface area (Å²) in [4.78, 5) is 51.0. The largest absolute Gasteiger partial charge is 0.459 e. The second kappa shape index (κ2) is 6.75. The average molecular weight is 389 g/mol. The molecule has 1 aliphatic rings. The topological polar surface area (TPSA) is 123 Å². The summed E-state index contributed by atoms with van der Waals surface area (Å²) in [6.07, 6.45) is 1.37. The maximum atomic E-state index is 12.9. The van der Waals surface area contributed by atoms with E-state index in [4.69, 9.17) is 10.2 Å². The number of nitrogens with one attached hydrogen (secondary N) is 1. The SMILES string of the molecule is Cc1ccc(C(=O)N2C(=O)c3cccc(N)c3C2=O)cc1NC(=O)c1ccco1. The molecule has 0 spiro atoms. The summed E-state index contributed by atoms with van der Waals surface area (Å²) in [5, 5.41) is 2.65. The molecule has 3 N–H and O–H groups in total. The van der Waals surface area contributed by atoms with Crippen LogP contribution >= 0.6 is 0 Å². The fourth-order valence-electron chi connectivity index (χ4n) is 3.11. The highest BCUT2D eigenvalue weighted by atomic mass is 16.3. The number of carbonyl (C=O) groups excluding carboxylic acids is 4. The van der Waals surface area contributed by atoms with E-state index in [0.717, 1.165) is 0 Å². The number of imide groups is 3. The minimum Gasteiger partial charge on any atom is -0.459 e. The van der Waals surface area contributed by atoms with Crippen molar-refractivity contribution in [1.29, 1.82) is 0 Å². The highest BCUT2D eigenvalue weighted by Crippen LogP contribution is 2.29. The zero-order valence-electron chi connectivity index (χ0n) is 15.3. The molecule has 0 radical (unpaired) electrons. The highest BCUT2D eigenvalue weighted by molar-refractivity contribution is 6.32. The Hall–Kier alpha value is -4.20. The number of hydrogen-bond acceptors (Lipinski definition) is 6. The zero-order valence-corrected chi connectivity index (χ0v) is 15.3. The van der Waals surface area contributed by atoms with Gasteiger partial charge in [-0.05, 0) is 48.9 Å². The van der Waals surface area contributed by atoms with E-state index >= 15 is 0 Å². The van der Waals surface area contributed by atoms with Crippen LogP contribution in [0, 0.1) is 6.92 Å². The summed E-state index contributed by atoms with van der Waals surface area (Å²) < 4.78 is 5.05. The highest BCUT2D eigenvalue weighted by Gasteiger charge is 2.41. The molecule has 0 bridgehead atoms. The third-order valence-corrected chi connectivity index (χ3v) is 4.63. The standard InChI is InChI=1S/C21H15N3O5/c1-11-7-8-12(10-15(11)23-18(25)16-6-3-9-29-16)19(26)24-20(27)13-4-2-5-14(22)17(13)21(24)28/h2-10H,22H2,1H3,(H,23,25). The molecule has 4 amide bonds. The van der Waals surface area contributed by atoms with Crippen molar-refractivity contribution in [3.8, 4) is 0 Å². The van der Waals surface area contributed by atoms with Crippen LogP contribution in [-0.2, 0) is 0 Å². The van der Waals surface area contributed by atoms with Crippen LogP contribution in [0.3, 0.4) is 0 Å². The lowest BCUT2D eigenvalue weighted by atomic mass is 10.1. The van der Waals surface area contributed by atoms with Gasteiger partial charge in [0.25, 0.3) is 23.6 Å². The maximum absolute atomic E-state index is 12.9. The molecule has 0 saturated carbocycles. The van der Waals surface area contributed by atoms with Crippen LogP contribution in [0.5, 0.6) is 0 Å². The number of furan rings is 1. The van der Waals surface area contributed by atoms with Gasteiger partial charge in [0.1, 0.15) is 0 Å². The number of nitrogens with zero attached hydrogens (tertiary/aromatic N) is 1. The number of anilines is 2. The first kappa shape index (κ1) is 18.2. The number of carbonyl (C=O) groups is 4. The van der Waals surface area contributed by atoms with Crippen LogP contribution in [0.25, 0.3) is 0 Å². The van der Waals surface area contributed by atoms with Gasteiger partial charge < -0.3 is 15.5 Å². The lowest BCUT2D eigenvalue weighted by Gasteiger charge is -2.14. The molecular formula is C21H15N3O5. The molecule has 144 valence electrons. The van der Waals surface area contributed by atoms with Crippen LogP contribution in [0.4, 0.5) is 11.4 Å². The summed E-state index contributed by atoms with van der Waals surface area (Å²) in [6, 6.07) is 12.1. The van der Waals surface area contributed by atoms with Gasteiger partial charge in [-0.1, -0.05) is 12.1 Å². The Balaban J connectivity index is 1.65. The average Bonchev–Trinajstić information content (AvgIpc) is 3.31. The van der Waals surface area contributed by atoms with Gasteiger partial charge in [0.2, 0.25) is 0 Å². The molecule has 0 saturated heterocycles. The van der Waals surface area contributed by atoms with Gasteiger partial charge in [-0.3, -0.25) is 19.2 Å². The molecule has 0 unspecified atom stereocenters. The van der Waals surface area contributed by atoms with Crippen LogP contribution in [0.15, 0.2) is 59.2 Å². The minimum absolute atomic E-state index is 0.0179. The van der Waals surface area contributed by atoms with Gasteiger partial charge in [0.05, 0.1) is 17.4 Å². The number of benzene rings is 2. The van der Waals surface area contributed by atoms with Crippen molar-refractivity contribution in [2.75, 3.05) is 11.1 Å². The molecule has 0 atom stereocenters. The Labute approximate surface area is 164 Å². The summed E-state index contributed by atoms with van der Waals surface area (Å²) in [5.74, 6) is -2.68. The van der Waals surface area contributed by atoms with Crippen molar-refractivity contribution in [2.24, 2.45) is 0 Å². The predicted molar refractivity (Wildman–Crippen MR) is 104 cm³/mol. The van der Waals surface area contributed by atoms with Gasteiger partial charge in [0, 0.05) is 16.9 Å². The third kappa shape index (κ3) is 2.96. The minimum atomic E-state index is -0.802. The molecule has 2 heterocycles. The molecule has 2 aromatic carbocycles. The van der Waals surface area contributed by atoms with Crippen molar-refractivity contribution in [1.82, 2.24) is 4.90 Å². The summed E-state index contributed by atoms with van der Waals surface area (Å²) in [7, 11) is 0. The molecule has 8 heteroatoms. The number of amides is 4. The Morgan fingerprint density at radius 3 is 2.52 bits per heavy atom. The van der Waals surface area contributed by atoms with Crippen LogP contribution in [0.2, 0.25) is 0 Å². The number of nitrogens with two attached hydrogens (primary N) is 1. The molecular weight excluding hydrogens is 374 g/mol. The first-order valence-electron chi connectivity index (χ1n) is 8.65. The van der Waals surface area contributed by atoms with Crippen LogP contribution in [-0.4, -0.2) is 28.5 Å². The van der Waals surface area contributed by atoms with Crippen molar-refractivity contribution in [3.05, 3.63) is 82.8 Å². The van der Waals surface area contributed by atoms with E-state index < -0.39 is 23.6 Å². The second-order valence-electron chi connectivity index (χ2n) is 6.48. The molecule has 29 heavy (non-hydrogen) atoms. The molecule has 3 aromatic rings. The van der Waals surface area contributed by atoms with E-state index in [-0.39, 0.29) is 28.1 Å². The van der Waals surface area contributed by atoms with E-state index in [9.17, 15) is 19.2 Å². The summed E-state index contributed by atoms with van der Waals surface area (Å²) in [5.41, 5.74) is 7.15. The lowest BCUT2D eigenvalue weighted by Crippen LogP contribution is -2.36. The summed E-state index contributed by atoms with van der Waals surface area (Å²) >= 11 is 0. The van der Waals surface area contributed by atoms with Gasteiger partial charge in [-0.2, -0.15) is 0 Å². The van der Waals surface area contributed by atoms with Crippen molar-refractivity contribution in [2.45, 2.75) is 6.92 Å². The van der Waals surface area contributed by atoms with Crippen molar-refractivity contribution < 1.29 is 23.6 Å². The number of nitrogen functional groups attached to an aromatic ring is 1. The van der Waals surface area contributed by atoms with E-state index in [2.05, 4.69) is 5.32 Å². The monoisotopic (exact) mass is 389 g/mol. The molecule has 1 aromatic heterocycles. The Morgan fingerprint density at radius 2 is 1.83 bits per heavy atom. The van der Waals surface area contributed by atoms with E-state index in [1.165, 1.54) is 36.6 Å². The molecule has 8 nitrogen and oxygen atoms in total. The van der Waals surface area contributed by atoms with Gasteiger partial charge in [-0.25, -0.2) is 4.90 Å². The Kier molecular flexibility index (Phi) is 4.23. The number of hydrogen-bond donors (Lipinski definition) is 2. The quantitative estimate of drug-likeness (QED) is 0.524. The van der Waals surface area contributed by atoms with E-state index in [1.54, 1.807) is 25.1 Å². The van der Waals surface area contributed by atoms with Crippen molar-refractivity contribution in [3.63, 3.8) is 0 Å². The number of aryl methyl sites for hydroxylation is 1. The van der Waals surface area contributed by atoms with Gasteiger partial charge in [-0.15, -0.1) is 0 Å². The fraction of sp³-hybridized carbons (Fsp3) is 0.0476. The normalized spacial score (nSPS) is 12.8. The zero-order chi connectivity index (χ0) is 20.7. The van der Waals surface area contributed by atoms with Crippen molar-refractivity contribution >= 4 is 35.0 Å². The van der Waals surface area contributed by atoms with E-state index in [0.29, 0.717) is 16.2 Å². The Morgan fingerprint density at radius 1 is 1.03 bits per heavy atom. The second-order valence-corrected chi connectivity index (χ2v) is 6.48. The van der Waals surface area contributed by atoms with Gasteiger partial charge in [0.15, 0.2) is 5.76 Å². The molecule has 1 aliphatic heterocycles. The molecule has 0 fully saturated rings. The number of rotatable bonds is 3. The smallest absolute Gasteiger partial charge is 0.291 e. The third-order valence-electron chi connectivity index (χ3n) is 4.63. The molecule has 0 aliphatic carbocycles. The maximum Gasteiger partial charge on any atom is 0.291 e. The van der Waals surface area contributed by atoms with E-state index in [1.807, 2.05) is 0 Å². The Bertz CT molecular complexity index is 1180. The first-order chi connectivity index (χ1) is 13.9.